The van der Waals surface area contributed by atoms with E-state index in [1.54, 1.807) is 6.92 Å². The molecule has 0 aliphatic rings. The van der Waals surface area contributed by atoms with Gasteiger partial charge in [-0.3, -0.25) is 5.32 Å². The molecule has 0 saturated heterocycles. The standard InChI is InChI=1S/C17H23NO2/c1-7-12-18-17(5,15(19)20-6)14-10-8-13(9-11-14)16(2,3)4/h1,8-11,18H,12H2,2-6H3. The third-order valence-electron chi connectivity index (χ3n) is 3.47. The van der Waals surface area contributed by atoms with E-state index in [1.807, 2.05) is 24.3 Å². The molecule has 0 aliphatic carbocycles. The molecule has 0 heterocycles. The quantitative estimate of drug-likeness (QED) is 0.677. The molecule has 1 unspecified atom stereocenters. The molecule has 0 fully saturated rings. The summed E-state index contributed by atoms with van der Waals surface area (Å²) in [5, 5.41) is 3.06. The third-order valence-corrected chi connectivity index (χ3v) is 3.47. The zero-order chi connectivity index (χ0) is 15.4. The Bertz CT molecular complexity index is 505. The second kappa shape index (κ2) is 6.11. The van der Waals surface area contributed by atoms with Gasteiger partial charge in [-0.15, -0.1) is 6.42 Å². The Balaban J connectivity index is 3.16. The molecular weight excluding hydrogens is 250 g/mol. The second-order valence-electron chi connectivity index (χ2n) is 6.00. The molecule has 1 rings (SSSR count). The van der Waals surface area contributed by atoms with Crippen molar-refractivity contribution in [1.29, 1.82) is 0 Å². The van der Waals surface area contributed by atoms with Crippen LogP contribution in [-0.4, -0.2) is 19.6 Å². The monoisotopic (exact) mass is 273 g/mol. The van der Waals surface area contributed by atoms with Crippen LogP contribution < -0.4 is 5.32 Å². The maximum atomic E-state index is 12.1. The van der Waals surface area contributed by atoms with Crippen molar-refractivity contribution in [2.24, 2.45) is 0 Å². The Hall–Kier alpha value is -1.79. The number of terminal acetylenes is 1. The molecule has 0 spiro atoms. The van der Waals surface area contributed by atoms with Gasteiger partial charge in [-0.2, -0.15) is 0 Å². The van der Waals surface area contributed by atoms with Gasteiger partial charge < -0.3 is 4.74 Å². The van der Waals surface area contributed by atoms with Gasteiger partial charge in [0, 0.05) is 0 Å². The molecular formula is C17H23NO2. The molecule has 108 valence electrons. The molecule has 0 radical (unpaired) electrons. The van der Waals surface area contributed by atoms with E-state index >= 15 is 0 Å². The SMILES string of the molecule is C#CCNC(C)(C(=O)OC)c1ccc(C(C)(C)C)cc1. The van der Waals surface area contributed by atoms with Crippen molar-refractivity contribution in [3.05, 3.63) is 35.4 Å². The number of ether oxygens (including phenoxy) is 1. The zero-order valence-corrected chi connectivity index (χ0v) is 12.9. The van der Waals surface area contributed by atoms with Gasteiger partial charge in [0.25, 0.3) is 0 Å². The zero-order valence-electron chi connectivity index (χ0n) is 12.9. The highest BCUT2D eigenvalue weighted by Crippen LogP contribution is 2.27. The predicted molar refractivity (Wildman–Crippen MR) is 81.3 cm³/mol. The normalized spacial score (nSPS) is 14.2. The fourth-order valence-electron chi connectivity index (χ4n) is 2.03. The van der Waals surface area contributed by atoms with E-state index in [0.29, 0.717) is 6.54 Å². The maximum Gasteiger partial charge on any atom is 0.330 e. The van der Waals surface area contributed by atoms with Crippen LogP contribution in [0.5, 0.6) is 0 Å². The Morgan fingerprint density at radius 3 is 2.10 bits per heavy atom. The summed E-state index contributed by atoms with van der Waals surface area (Å²) in [7, 11) is 1.38. The highest BCUT2D eigenvalue weighted by Gasteiger charge is 2.35. The Morgan fingerprint density at radius 2 is 1.70 bits per heavy atom. The van der Waals surface area contributed by atoms with Crippen molar-refractivity contribution in [3.63, 3.8) is 0 Å². The number of benzene rings is 1. The van der Waals surface area contributed by atoms with E-state index in [4.69, 9.17) is 11.2 Å². The molecule has 0 bridgehead atoms. The van der Waals surface area contributed by atoms with Gasteiger partial charge in [0.2, 0.25) is 0 Å². The number of rotatable bonds is 4. The van der Waals surface area contributed by atoms with Crippen LogP contribution in [0.25, 0.3) is 0 Å². The number of esters is 1. The first-order valence-corrected chi connectivity index (χ1v) is 6.63. The van der Waals surface area contributed by atoms with Crippen molar-refractivity contribution in [1.82, 2.24) is 5.32 Å². The van der Waals surface area contributed by atoms with Crippen LogP contribution in [-0.2, 0) is 20.5 Å². The van der Waals surface area contributed by atoms with Crippen LogP contribution in [0.4, 0.5) is 0 Å². The smallest absolute Gasteiger partial charge is 0.330 e. The summed E-state index contributed by atoms with van der Waals surface area (Å²) < 4.78 is 4.89. The average Bonchev–Trinajstić information content (AvgIpc) is 2.43. The number of hydrogen-bond donors (Lipinski definition) is 1. The molecule has 1 aromatic carbocycles. The average molecular weight is 273 g/mol. The summed E-state index contributed by atoms with van der Waals surface area (Å²) in [4.78, 5) is 12.1. The van der Waals surface area contributed by atoms with Crippen molar-refractivity contribution < 1.29 is 9.53 Å². The minimum atomic E-state index is -0.933. The third kappa shape index (κ3) is 3.40. The van der Waals surface area contributed by atoms with Crippen LogP contribution >= 0.6 is 0 Å². The minimum Gasteiger partial charge on any atom is -0.467 e. The van der Waals surface area contributed by atoms with Crippen LogP contribution in [0.1, 0.15) is 38.8 Å². The molecule has 20 heavy (non-hydrogen) atoms. The maximum absolute atomic E-state index is 12.1. The summed E-state index contributed by atoms with van der Waals surface area (Å²) >= 11 is 0. The van der Waals surface area contributed by atoms with Crippen LogP contribution in [0.15, 0.2) is 24.3 Å². The van der Waals surface area contributed by atoms with E-state index < -0.39 is 5.54 Å². The number of hydrogen-bond acceptors (Lipinski definition) is 3. The second-order valence-corrected chi connectivity index (χ2v) is 6.00. The predicted octanol–water partition coefficient (Wildman–Crippen LogP) is 2.60. The van der Waals surface area contributed by atoms with Gasteiger partial charge in [-0.05, 0) is 23.5 Å². The summed E-state index contributed by atoms with van der Waals surface area (Å²) in [5.74, 6) is 2.14. The molecule has 1 aromatic rings. The molecule has 0 aromatic heterocycles. The van der Waals surface area contributed by atoms with E-state index in [1.165, 1.54) is 12.7 Å². The van der Waals surface area contributed by atoms with Gasteiger partial charge >= 0.3 is 5.97 Å². The molecule has 3 heteroatoms. The Kier molecular flexibility index (Phi) is 4.97. The summed E-state index contributed by atoms with van der Waals surface area (Å²) in [5.41, 5.74) is 1.20. The van der Waals surface area contributed by atoms with E-state index in [-0.39, 0.29) is 11.4 Å². The summed E-state index contributed by atoms with van der Waals surface area (Å²) in [6, 6.07) is 7.96. The fourth-order valence-corrected chi connectivity index (χ4v) is 2.03. The number of carbonyl (C=O) groups is 1. The van der Waals surface area contributed by atoms with E-state index in [2.05, 4.69) is 32.0 Å². The van der Waals surface area contributed by atoms with E-state index in [9.17, 15) is 4.79 Å². The fraction of sp³-hybridized carbons (Fsp3) is 0.471. The van der Waals surface area contributed by atoms with Crippen molar-refractivity contribution in [3.8, 4) is 12.3 Å². The van der Waals surface area contributed by atoms with E-state index in [0.717, 1.165) is 5.56 Å². The summed E-state index contributed by atoms with van der Waals surface area (Å²) in [6.45, 7) is 8.53. The van der Waals surface area contributed by atoms with Crippen LogP contribution in [0.2, 0.25) is 0 Å². The van der Waals surface area contributed by atoms with Crippen molar-refractivity contribution >= 4 is 5.97 Å². The van der Waals surface area contributed by atoms with Gasteiger partial charge in [-0.25, -0.2) is 4.79 Å². The first-order chi connectivity index (χ1) is 9.25. The van der Waals surface area contributed by atoms with Gasteiger partial charge in [0.15, 0.2) is 0 Å². The number of nitrogens with one attached hydrogen (secondary N) is 1. The summed E-state index contributed by atoms with van der Waals surface area (Å²) in [6.07, 6.45) is 5.27. The number of carbonyl (C=O) groups excluding carboxylic acids is 1. The van der Waals surface area contributed by atoms with Gasteiger partial charge in [-0.1, -0.05) is 51.0 Å². The molecule has 0 saturated carbocycles. The van der Waals surface area contributed by atoms with Crippen LogP contribution in [0.3, 0.4) is 0 Å². The Morgan fingerprint density at radius 1 is 1.20 bits per heavy atom. The molecule has 0 aliphatic heterocycles. The van der Waals surface area contributed by atoms with Crippen molar-refractivity contribution in [2.75, 3.05) is 13.7 Å². The van der Waals surface area contributed by atoms with Gasteiger partial charge in [0.05, 0.1) is 13.7 Å². The topological polar surface area (TPSA) is 38.3 Å². The van der Waals surface area contributed by atoms with Crippen LogP contribution in [0, 0.1) is 12.3 Å². The van der Waals surface area contributed by atoms with Gasteiger partial charge in [0.1, 0.15) is 5.54 Å². The molecule has 1 atom stereocenters. The van der Waals surface area contributed by atoms with Crippen molar-refractivity contribution in [2.45, 2.75) is 38.6 Å². The first-order valence-electron chi connectivity index (χ1n) is 6.63. The highest BCUT2D eigenvalue weighted by molar-refractivity contribution is 5.82. The minimum absolute atomic E-state index is 0.0758. The lowest BCUT2D eigenvalue weighted by atomic mass is 9.84. The highest BCUT2D eigenvalue weighted by atomic mass is 16.5. The molecule has 3 nitrogen and oxygen atoms in total. The largest absolute Gasteiger partial charge is 0.467 e. The lowest BCUT2D eigenvalue weighted by Gasteiger charge is -2.28. The lowest BCUT2D eigenvalue weighted by molar-refractivity contribution is -0.148. The molecule has 1 N–H and O–H groups in total. The lowest BCUT2D eigenvalue weighted by Crippen LogP contribution is -2.47. The Labute approximate surface area is 121 Å². The number of methoxy groups -OCH3 is 1. The first kappa shape index (κ1) is 16.3. The molecule has 0 amide bonds.